The Morgan fingerprint density at radius 2 is 1.78 bits per heavy atom. The number of amides is 2. The van der Waals surface area contributed by atoms with Gasteiger partial charge in [-0.05, 0) is 30.7 Å². The van der Waals surface area contributed by atoms with Crippen LogP contribution in [0, 0.1) is 0 Å². The summed E-state index contributed by atoms with van der Waals surface area (Å²) in [5, 5.41) is 11.7. The summed E-state index contributed by atoms with van der Waals surface area (Å²) in [7, 11) is -3.58. The van der Waals surface area contributed by atoms with Gasteiger partial charge in [0.1, 0.15) is 5.70 Å². The normalized spacial score (nSPS) is 14.6. The highest BCUT2D eigenvalue weighted by Gasteiger charge is 2.30. The molecule has 0 spiro atoms. The van der Waals surface area contributed by atoms with Gasteiger partial charge in [-0.2, -0.15) is 0 Å². The van der Waals surface area contributed by atoms with E-state index >= 15 is 0 Å². The zero-order valence-electron chi connectivity index (χ0n) is 15.3. The first kappa shape index (κ1) is 21.1. The minimum absolute atomic E-state index is 0.0690. The number of aliphatic hydroxyl groups excluding tert-OH is 1. The highest BCUT2D eigenvalue weighted by molar-refractivity contribution is 7.89. The highest BCUT2D eigenvalue weighted by atomic mass is 32.2. The SMILES string of the molecule is CCCCCCNS(=O)(=O)c1ccc(NC2=CC(=O)N(CCO)C2=O)cc1. The van der Waals surface area contributed by atoms with Gasteiger partial charge in [0.25, 0.3) is 11.8 Å². The molecule has 1 heterocycles. The molecular weight excluding hydrogens is 370 g/mol. The smallest absolute Gasteiger partial charge is 0.277 e. The Bertz CT molecular complexity index is 803. The summed E-state index contributed by atoms with van der Waals surface area (Å²) in [6, 6.07) is 5.92. The maximum absolute atomic E-state index is 12.3. The molecule has 1 aromatic rings. The molecule has 0 bridgehead atoms. The van der Waals surface area contributed by atoms with Gasteiger partial charge in [-0.3, -0.25) is 14.5 Å². The quantitative estimate of drug-likeness (QED) is 0.383. The Balaban J connectivity index is 1.96. The second kappa shape index (κ2) is 9.63. The number of nitrogens with one attached hydrogen (secondary N) is 2. The lowest BCUT2D eigenvalue weighted by molar-refractivity contribution is -0.137. The molecule has 0 aromatic heterocycles. The number of rotatable bonds is 11. The Kier molecular flexibility index (Phi) is 7.52. The summed E-state index contributed by atoms with van der Waals surface area (Å²) in [6.45, 7) is 2.11. The number of imide groups is 1. The topological polar surface area (TPSA) is 116 Å². The summed E-state index contributed by atoms with van der Waals surface area (Å²) in [6.07, 6.45) is 5.09. The molecule has 9 heteroatoms. The minimum atomic E-state index is -3.58. The van der Waals surface area contributed by atoms with E-state index in [1.165, 1.54) is 24.3 Å². The molecular formula is C18H25N3O5S. The number of hydrogen-bond acceptors (Lipinski definition) is 6. The first-order chi connectivity index (χ1) is 12.9. The number of aliphatic hydroxyl groups is 1. The van der Waals surface area contributed by atoms with Gasteiger partial charge in [0.15, 0.2) is 0 Å². The molecule has 2 amide bonds. The third-order valence-corrected chi connectivity index (χ3v) is 5.58. The number of hydrogen-bond donors (Lipinski definition) is 3. The van der Waals surface area contributed by atoms with Crippen LogP contribution in [0.2, 0.25) is 0 Å². The highest BCUT2D eigenvalue weighted by Crippen LogP contribution is 2.19. The van der Waals surface area contributed by atoms with Gasteiger partial charge in [-0.25, -0.2) is 13.1 Å². The van der Waals surface area contributed by atoms with Crippen LogP contribution in [0.4, 0.5) is 5.69 Å². The Labute approximate surface area is 159 Å². The van der Waals surface area contributed by atoms with Crippen LogP contribution in [0.5, 0.6) is 0 Å². The molecule has 8 nitrogen and oxygen atoms in total. The van der Waals surface area contributed by atoms with Crippen molar-refractivity contribution >= 4 is 27.5 Å². The molecule has 27 heavy (non-hydrogen) atoms. The largest absolute Gasteiger partial charge is 0.395 e. The molecule has 0 saturated heterocycles. The molecule has 2 rings (SSSR count). The Hall–Kier alpha value is -2.23. The van der Waals surface area contributed by atoms with Crippen LogP contribution in [0.25, 0.3) is 0 Å². The molecule has 1 aliphatic rings. The van der Waals surface area contributed by atoms with Gasteiger partial charge in [0.05, 0.1) is 18.0 Å². The van der Waals surface area contributed by atoms with Crippen molar-refractivity contribution in [1.29, 1.82) is 0 Å². The van der Waals surface area contributed by atoms with Crippen molar-refractivity contribution in [1.82, 2.24) is 9.62 Å². The van der Waals surface area contributed by atoms with Crippen LogP contribution < -0.4 is 10.0 Å². The zero-order valence-corrected chi connectivity index (χ0v) is 16.1. The van der Waals surface area contributed by atoms with Gasteiger partial charge < -0.3 is 10.4 Å². The molecule has 0 radical (unpaired) electrons. The van der Waals surface area contributed by atoms with Crippen LogP contribution in [0.1, 0.15) is 32.6 Å². The molecule has 3 N–H and O–H groups in total. The van der Waals surface area contributed by atoms with E-state index in [1.807, 2.05) is 0 Å². The van der Waals surface area contributed by atoms with E-state index in [9.17, 15) is 18.0 Å². The van der Waals surface area contributed by atoms with E-state index in [0.717, 1.165) is 36.7 Å². The molecule has 0 atom stereocenters. The second-order valence-corrected chi connectivity index (χ2v) is 7.95. The van der Waals surface area contributed by atoms with Gasteiger partial charge in [-0.15, -0.1) is 0 Å². The van der Waals surface area contributed by atoms with E-state index in [4.69, 9.17) is 5.11 Å². The van der Waals surface area contributed by atoms with Crippen molar-refractivity contribution in [3.8, 4) is 0 Å². The number of carbonyl (C=O) groups is 2. The fourth-order valence-electron chi connectivity index (χ4n) is 2.62. The lowest BCUT2D eigenvalue weighted by Gasteiger charge is -2.13. The molecule has 0 aliphatic carbocycles. The number of anilines is 1. The van der Waals surface area contributed by atoms with E-state index in [1.54, 1.807) is 0 Å². The first-order valence-corrected chi connectivity index (χ1v) is 10.4. The maximum atomic E-state index is 12.3. The summed E-state index contributed by atoms with van der Waals surface area (Å²) >= 11 is 0. The average molecular weight is 395 g/mol. The third kappa shape index (κ3) is 5.62. The fourth-order valence-corrected chi connectivity index (χ4v) is 3.70. The lowest BCUT2D eigenvalue weighted by atomic mass is 10.2. The maximum Gasteiger partial charge on any atom is 0.277 e. The molecule has 1 aliphatic heterocycles. The van der Waals surface area contributed by atoms with Crippen molar-refractivity contribution < 1.29 is 23.1 Å². The van der Waals surface area contributed by atoms with Crippen molar-refractivity contribution in [2.45, 2.75) is 37.5 Å². The van der Waals surface area contributed by atoms with Gasteiger partial charge in [0.2, 0.25) is 10.0 Å². The predicted octanol–water partition coefficient (Wildman–Crippen LogP) is 1.20. The van der Waals surface area contributed by atoms with Crippen LogP contribution in [-0.4, -0.2) is 49.9 Å². The van der Waals surface area contributed by atoms with Gasteiger partial charge in [0, 0.05) is 18.3 Å². The first-order valence-electron chi connectivity index (χ1n) is 8.94. The number of nitrogens with zero attached hydrogens (tertiary/aromatic N) is 1. The van der Waals surface area contributed by atoms with Crippen molar-refractivity contribution in [3.63, 3.8) is 0 Å². The minimum Gasteiger partial charge on any atom is -0.395 e. The van der Waals surface area contributed by atoms with Crippen LogP contribution in [-0.2, 0) is 19.6 Å². The van der Waals surface area contributed by atoms with Crippen LogP contribution >= 0.6 is 0 Å². The second-order valence-electron chi connectivity index (χ2n) is 6.18. The molecule has 0 fully saturated rings. The standard InChI is InChI=1S/C18H25N3O5S/c1-2-3-4-5-10-19-27(25,26)15-8-6-14(7-9-15)20-16-13-17(23)21(11-12-22)18(16)24/h6-9,13,19-20,22H,2-5,10-12H2,1H3. The molecule has 0 unspecified atom stereocenters. The van der Waals surface area contributed by atoms with Crippen LogP contribution in [0.15, 0.2) is 40.9 Å². The number of benzene rings is 1. The number of unbranched alkanes of at least 4 members (excludes halogenated alkanes) is 3. The van der Waals surface area contributed by atoms with Crippen molar-refractivity contribution in [2.24, 2.45) is 0 Å². The summed E-state index contributed by atoms with van der Waals surface area (Å²) < 4.78 is 27.1. The average Bonchev–Trinajstić information content (AvgIpc) is 2.90. The van der Waals surface area contributed by atoms with E-state index in [0.29, 0.717) is 12.2 Å². The van der Waals surface area contributed by atoms with E-state index < -0.39 is 21.8 Å². The Morgan fingerprint density at radius 3 is 2.41 bits per heavy atom. The van der Waals surface area contributed by atoms with Crippen molar-refractivity contribution in [2.75, 3.05) is 25.0 Å². The summed E-state index contributed by atoms with van der Waals surface area (Å²) in [5.41, 5.74) is 0.563. The predicted molar refractivity (Wildman–Crippen MR) is 101 cm³/mol. The van der Waals surface area contributed by atoms with Gasteiger partial charge in [-0.1, -0.05) is 26.2 Å². The Morgan fingerprint density at radius 1 is 1.07 bits per heavy atom. The molecule has 148 valence electrons. The monoisotopic (exact) mass is 395 g/mol. The molecule has 0 saturated carbocycles. The summed E-state index contributed by atoms with van der Waals surface area (Å²) in [5.74, 6) is -1.03. The summed E-state index contributed by atoms with van der Waals surface area (Å²) in [4.78, 5) is 24.9. The fraction of sp³-hybridized carbons (Fsp3) is 0.444. The lowest BCUT2D eigenvalue weighted by Crippen LogP contribution is -2.34. The zero-order chi connectivity index (χ0) is 19.9. The van der Waals surface area contributed by atoms with Crippen LogP contribution in [0.3, 0.4) is 0 Å². The number of sulfonamides is 1. The van der Waals surface area contributed by atoms with Crippen molar-refractivity contribution in [3.05, 3.63) is 36.0 Å². The molecule has 1 aromatic carbocycles. The van der Waals surface area contributed by atoms with E-state index in [-0.39, 0.29) is 23.7 Å². The number of β-amino-alcohol motifs (C(OH)–C–C–N with tert-alkyl or cyclic N) is 1. The number of carbonyl (C=O) groups excluding carboxylic acids is 2. The van der Waals surface area contributed by atoms with E-state index in [2.05, 4.69) is 17.0 Å². The third-order valence-electron chi connectivity index (χ3n) is 4.10. The van der Waals surface area contributed by atoms with Gasteiger partial charge >= 0.3 is 0 Å².